The normalized spacial score (nSPS) is 25.9. The second-order valence-corrected chi connectivity index (χ2v) is 8.46. The molecule has 4 nitrogen and oxygen atoms in total. The average molecular weight is 397 g/mol. The standard InChI is InChI=1S/C23H25ClN2O2/c1-23-12-5-4-10-19(23)21(23)22(27)26-25-14-17-8-2-3-11-20(17)28-15-16-7-6-9-18(24)13-16/h2-3,6-9,11,13-14,19,21H,4-5,10,12,15H2,1H3,(H,26,27)/b25-14-/t19-,21+,23-/m0/s1. The number of ether oxygens (including phenoxy) is 1. The Labute approximate surface area is 170 Å². The summed E-state index contributed by atoms with van der Waals surface area (Å²) in [6.45, 7) is 2.66. The number of carbonyl (C=O) groups excluding carboxylic acids is 1. The SMILES string of the molecule is C[C@]12CCCC[C@H]1[C@@H]2C(=O)N/N=C\c1ccccc1OCc1cccc(Cl)c1. The van der Waals surface area contributed by atoms with Crippen LogP contribution in [-0.2, 0) is 11.4 Å². The molecule has 0 saturated heterocycles. The maximum absolute atomic E-state index is 12.5. The molecular formula is C23H25ClN2O2. The molecular weight excluding hydrogens is 372 g/mol. The zero-order chi connectivity index (χ0) is 19.6. The molecule has 0 heterocycles. The first-order valence-electron chi connectivity index (χ1n) is 9.87. The second kappa shape index (κ2) is 7.96. The summed E-state index contributed by atoms with van der Waals surface area (Å²) in [6.07, 6.45) is 6.44. The zero-order valence-electron chi connectivity index (χ0n) is 16.0. The van der Waals surface area contributed by atoms with Crippen molar-refractivity contribution < 1.29 is 9.53 Å². The van der Waals surface area contributed by atoms with Gasteiger partial charge in [-0.3, -0.25) is 4.79 Å². The van der Waals surface area contributed by atoms with Crippen molar-refractivity contribution in [3.05, 3.63) is 64.7 Å². The number of hydrogen-bond donors (Lipinski definition) is 1. The van der Waals surface area contributed by atoms with Crippen LogP contribution in [0, 0.1) is 17.3 Å². The van der Waals surface area contributed by atoms with E-state index in [1.54, 1.807) is 6.21 Å². The molecule has 4 rings (SSSR count). The lowest BCUT2D eigenvalue weighted by molar-refractivity contribution is -0.123. The molecule has 0 bridgehead atoms. The Balaban J connectivity index is 1.36. The molecule has 5 heteroatoms. The molecule has 2 aromatic carbocycles. The fraction of sp³-hybridized carbons (Fsp3) is 0.391. The number of carbonyl (C=O) groups is 1. The highest BCUT2D eigenvalue weighted by atomic mass is 35.5. The highest BCUT2D eigenvalue weighted by molar-refractivity contribution is 6.30. The number of para-hydroxylation sites is 1. The Kier molecular flexibility index (Phi) is 5.40. The molecule has 0 spiro atoms. The van der Waals surface area contributed by atoms with Gasteiger partial charge in [-0.15, -0.1) is 0 Å². The van der Waals surface area contributed by atoms with Gasteiger partial charge >= 0.3 is 0 Å². The number of fused-ring (bicyclic) bond motifs is 1. The average Bonchev–Trinajstić information content (AvgIpc) is 3.33. The molecule has 28 heavy (non-hydrogen) atoms. The molecule has 1 amide bonds. The molecule has 2 fully saturated rings. The number of nitrogens with one attached hydrogen (secondary N) is 1. The van der Waals surface area contributed by atoms with E-state index in [0.717, 1.165) is 17.5 Å². The number of rotatable bonds is 6. The van der Waals surface area contributed by atoms with E-state index in [0.29, 0.717) is 23.3 Å². The summed E-state index contributed by atoms with van der Waals surface area (Å²) in [4.78, 5) is 12.5. The smallest absolute Gasteiger partial charge is 0.244 e. The Hall–Kier alpha value is -2.33. The maximum Gasteiger partial charge on any atom is 0.244 e. The van der Waals surface area contributed by atoms with Crippen LogP contribution in [0.15, 0.2) is 53.6 Å². The van der Waals surface area contributed by atoms with Crippen LogP contribution in [0.4, 0.5) is 0 Å². The van der Waals surface area contributed by atoms with Crippen LogP contribution in [0.25, 0.3) is 0 Å². The van der Waals surface area contributed by atoms with Gasteiger partial charge in [0.2, 0.25) is 5.91 Å². The monoisotopic (exact) mass is 396 g/mol. The summed E-state index contributed by atoms with van der Waals surface area (Å²) < 4.78 is 5.93. The molecule has 0 radical (unpaired) electrons. The molecule has 0 unspecified atom stereocenters. The van der Waals surface area contributed by atoms with Crippen molar-refractivity contribution in [3.63, 3.8) is 0 Å². The molecule has 3 atom stereocenters. The Morgan fingerprint density at radius 1 is 1.29 bits per heavy atom. The van der Waals surface area contributed by atoms with E-state index in [9.17, 15) is 4.79 Å². The minimum Gasteiger partial charge on any atom is -0.488 e. The summed E-state index contributed by atoms with van der Waals surface area (Å²) in [5.41, 5.74) is 4.75. The highest BCUT2D eigenvalue weighted by Gasteiger charge is 2.64. The van der Waals surface area contributed by atoms with Crippen LogP contribution in [0.3, 0.4) is 0 Å². The van der Waals surface area contributed by atoms with Crippen LogP contribution in [0.5, 0.6) is 5.75 Å². The number of benzene rings is 2. The van der Waals surface area contributed by atoms with Crippen molar-refractivity contribution in [1.82, 2.24) is 5.43 Å². The van der Waals surface area contributed by atoms with Crippen molar-refractivity contribution in [2.24, 2.45) is 22.4 Å². The molecule has 2 aromatic rings. The fourth-order valence-corrected chi connectivity index (χ4v) is 4.80. The van der Waals surface area contributed by atoms with Crippen molar-refractivity contribution in [2.45, 2.75) is 39.2 Å². The van der Waals surface area contributed by atoms with E-state index in [1.807, 2.05) is 48.5 Å². The predicted octanol–water partition coefficient (Wildman–Crippen LogP) is 5.20. The van der Waals surface area contributed by atoms with E-state index in [4.69, 9.17) is 16.3 Å². The minimum atomic E-state index is 0.0444. The zero-order valence-corrected chi connectivity index (χ0v) is 16.8. The third kappa shape index (κ3) is 3.93. The van der Waals surface area contributed by atoms with Crippen LogP contribution >= 0.6 is 11.6 Å². The second-order valence-electron chi connectivity index (χ2n) is 8.03. The largest absolute Gasteiger partial charge is 0.488 e. The van der Waals surface area contributed by atoms with E-state index in [1.165, 1.54) is 19.3 Å². The quantitative estimate of drug-likeness (QED) is 0.539. The molecule has 2 saturated carbocycles. The highest BCUT2D eigenvalue weighted by Crippen LogP contribution is 2.66. The molecule has 1 N–H and O–H groups in total. The van der Waals surface area contributed by atoms with Gasteiger partial charge in [0.15, 0.2) is 0 Å². The van der Waals surface area contributed by atoms with E-state index in [-0.39, 0.29) is 17.2 Å². The third-order valence-electron chi connectivity index (χ3n) is 6.19. The summed E-state index contributed by atoms with van der Waals surface area (Å²) in [5.74, 6) is 1.40. The number of halogens is 1. The molecule has 0 aromatic heterocycles. The number of hydrazone groups is 1. The first-order valence-corrected chi connectivity index (χ1v) is 10.2. The Morgan fingerprint density at radius 2 is 2.14 bits per heavy atom. The lowest BCUT2D eigenvalue weighted by Crippen LogP contribution is -2.22. The van der Waals surface area contributed by atoms with Crippen LogP contribution in [-0.4, -0.2) is 12.1 Å². The number of amides is 1. The van der Waals surface area contributed by atoms with Gasteiger partial charge in [-0.1, -0.05) is 55.6 Å². The molecule has 146 valence electrons. The van der Waals surface area contributed by atoms with Crippen molar-refractivity contribution in [1.29, 1.82) is 0 Å². The lowest BCUT2D eigenvalue weighted by Gasteiger charge is -2.15. The third-order valence-corrected chi connectivity index (χ3v) is 6.43. The van der Waals surface area contributed by atoms with Gasteiger partial charge in [0.05, 0.1) is 6.21 Å². The van der Waals surface area contributed by atoms with Gasteiger partial charge in [0, 0.05) is 16.5 Å². The lowest BCUT2D eigenvalue weighted by atomic mass is 9.90. The van der Waals surface area contributed by atoms with Crippen LogP contribution in [0.1, 0.15) is 43.7 Å². The van der Waals surface area contributed by atoms with Gasteiger partial charge in [0.1, 0.15) is 12.4 Å². The van der Waals surface area contributed by atoms with Gasteiger partial charge in [-0.25, -0.2) is 5.43 Å². The first-order chi connectivity index (χ1) is 13.6. The Bertz CT molecular complexity index is 898. The summed E-state index contributed by atoms with van der Waals surface area (Å²) in [7, 11) is 0. The van der Waals surface area contributed by atoms with Crippen molar-refractivity contribution >= 4 is 23.7 Å². The number of nitrogens with zero attached hydrogens (tertiary/aromatic N) is 1. The molecule has 0 aliphatic heterocycles. The number of hydrogen-bond acceptors (Lipinski definition) is 3. The van der Waals surface area contributed by atoms with Gasteiger partial charge < -0.3 is 4.74 Å². The van der Waals surface area contributed by atoms with Gasteiger partial charge in [-0.2, -0.15) is 5.10 Å². The topological polar surface area (TPSA) is 50.7 Å². The minimum absolute atomic E-state index is 0.0444. The van der Waals surface area contributed by atoms with E-state index in [2.05, 4.69) is 17.5 Å². The van der Waals surface area contributed by atoms with E-state index < -0.39 is 0 Å². The summed E-state index contributed by atoms with van der Waals surface area (Å²) in [5, 5.41) is 4.88. The fourth-order valence-electron chi connectivity index (χ4n) is 4.59. The summed E-state index contributed by atoms with van der Waals surface area (Å²) >= 11 is 6.02. The van der Waals surface area contributed by atoms with Gasteiger partial charge in [0.25, 0.3) is 0 Å². The molecule has 2 aliphatic rings. The predicted molar refractivity (Wildman–Crippen MR) is 112 cm³/mol. The molecule has 2 aliphatic carbocycles. The summed E-state index contributed by atoms with van der Waals surface area (Å²) in [6, 6.07) is 15.2. The Morgan fingerprint density at radius 3 is 2.93 bits per heavy atom. The van der Waals surface area contributed by atoms with E-state index >= 15 is 0 Å². The van der Waals surface area contributed by atoms with Gasteiger partial charge in [-0.05, 0) is 54.0 Å². The van der Waals surface area contributed by atoms with Crippen LogP contribution < -0.4 is 10.2 Å². The van der Waals surface area contributed by atoms with Crippen molar-refractivity contribution in [3.8, 4) is 5.75 Å². The van der Waals surface area contributed by atoms with Crippen molar-refractivity contribution in [2.75, 3.05) is 0 Å². The maximum atomic E-state index is 12.5. The van der Waals surface area contributed by atoms with Crippen LogP contribution in [0.2, 0.25) is 5.02 Å². The first kappa shape index (κ1) is 19.0.